The van der Waals surface area contributed by atoms with Crippen molar-refractivity contribution in [1.82, 2.24) is 18.8 Å². The van der Waals surface area contributed by atoms with Gasteiger partial charge in [0.25, 0.3) is 10.2 Å². The minimum Gasteiger partial charge on any atom is -0.348 e. The largest absolute Gasteiger partial charge is 0.416 e. The molecule has 4 rings (SSSR count). The van der Waals surface area contributed by atoms with Gasteiger partial charge in [-0.2, -0.15) is 35.5 Å². The molecule has 1 aromatic rings. The summed E-state index contributed by atoms with van der Waals surface area (Å²) in [6.07, 6.45) is -2.86. The van der Waals surface area contributed by atoms with Crippen LogP contribution >= 0.6 is 0 Å². The van der Waals surface area contributed by atoms with Crippen molar-refractivity contribution < 1.29 is 35.6 Å². The number of carbonyl (C=O) groups excluding carboxylic acids is 2. The first-order valence-corrected chi connectivity index (χ1v) is 13.8. The van der Waals surface area contributed by atoms with Gasteiger partial charge in [-0.3, -0.25) is 9.59 Å². The van der Waals surface area contributed by atoms with Crippen molar-refractivity contribution in [3.05, 3.63) is 35.1 Å². The van der Waals surface area contributed by atoms with Crippen molar-refractivity contribution in [2.75, 3.05) is 32.7 Å². The minimum absolute atomic E-state index is 0.0209. The number of rotatable bonds is 6. The lowest BCUT2D eigenvalue weighted by atomic mass is 9.97. The van der Waals surface area contributed by atoms with Crippen molar-refractivity contribution in [2.24, 2.45) is 11.8 Å². The van der Waals surface area contributed by atoms with E-state index >= 15 is 0 Å². The molecule has 2 amide bonds. The smallest absolute Gasteiger partial charge is 0.348 e. The van der Waals surface area contributed by atoms with Gasteiger partial charge in [0.1, 0.15) is 11.9 Å². The SMILES string of the molecule is CC(NC(=O)[C@H]1CCCN1C(=O)[C@H]1CCCN(S(=O)(=O)N2CC(C#N)C2)C1)c1ccc(C(F)(F)F)cc1F. The Morgan fingerprint density at radius 3 is 2.42 bits per heavy atom. The molecule has 0 radical (unpaired) electrons. The maximum atomic E-state index is 14.4. The molecule has 0 saturated carbocycles. The molecule has 0 bridgehead atoms. The summed E-state index contributed by atoms with van der Waals surface area (Å²) in [6, 6.07) is 2.36. The highest BCUT2D eigenvalue weighted by molar-refractivity contribution is 7.86. The Hall–Kier alpha value is -2.76. The second kappa shape index (κ2) is 10.8. The Balaban J connectivity index is 1.39. The first-order chi connectivity index (χ1) is 17.8. The molecule has 14 heteroatoms. The highest BCUT2D eigenvalue weighted by Crippen LogP contribution is 2.32. The Morgan fingerprint density at radius 2 is 1.79 bits per heavy atom. The number of amides is 2. The van der Waals surface area contributed by atoms with Crippen molar-refractivity contribution in [2.45, 2.75) is 50.9 Å². The van der Waals surface area contributed by atoms with E-state index in [9.17, 15) is 35.6 Å². The average Bonchev–Trinajstić information content (AvgIpc) is 3.32. The van der Waals surface area contributed by atoms with E-state index in [1.807, 2.05) is 6.07 Å². The van der Waals surface area contributed by atoms with Crippen LogP contribution in [0.3, 0.4) is 0 Å². The van der Waals surface area contributed by atoms with E-state index in [0.717, 1.165) is 12.1 Å². The summed E-state index contributed by atoms with van der Waals surface area (Å²) < 4.78 is 81.2. The topological polar surface area (TPSA) is 114 Å². The van der Waals surface area contributed by atoms with Gasteiger partial charge >= 0.3 is 6.18 Å². The second-order valence-electron chi connectivity index (χ2n) is 10.0. The molecule has 3 aliphatic rings. The number of nitriles is 1. The van der Waals surface area contributed by atoms with Gasteiger partial charge in [-0.05, 0) is 44.7 Å². The number of halogens is 4. The van der Waals surface area contributed by atoms with Crippen molar-refractivity contribution >= 4 is 22.0 Å². The lowest BCUT2D eigenvalue weighted by Crippen LogP contribution is -2.57. The fourth-order valence-electron chi connectivity index (χ4n) is 5.20. The van der Waals surface area contributed by atoms with Gasteiger partial charge in [0.05, 0.1) is 29.5 Å². The van der Waals surface area contributed by atoms with Gasteiger partial charge < -0.3 is 10.2 Å². The van der Waals surface area contributed by atoms with Crippen LogP contribution in [-0.4, -0.2) is 72.5 Å². The Bertz CT molecular complexity index is 1230. The molecule has 9 nitrogen and oxygen atoms in total. The van der Waals surface area contributed by atoms with Gasteiger partial charge in [0.2, 0.25) is 11.8 Å². The van der Waals surface area contributed by atoms with E-state index < -0.39 is 51.7 Å². The summed E-state index contributed by atoms with van der Waals surface area (Å²) in [6.45, 7) is 2.24. The van der Waals surface area contributed by atoms with E-state index in [2.05, 4.69) is 5.32 Å². The predicted molar refractivity (Wildman–Crippen MR) is 127 cm³/mol. The summed E-state index contributed by atoms with van der Waals surface area (Å²) in [5.41, 5.74) is -1.24. The fraction of sp³-hybridized carbons (Fsp3) is 0.625. The molecular formula is C24H29F4N5O4S. The lowest BCUT2D eigenvalue weighted by Gasteiger charge is -2.41. The Labute approximate surface area is 218 Å². The number of likely N-dealkylation sites (tertiary alicyclic amines) is 1. The van der Waals surface area contributed by atoms with Crippen LogP contribution in [0, 0.1) is 29.0 Å². The number of alkyl halides is 3. The van der Waals surface area contributed by atoms with Crippen LogP contribution in [0.25, 0.3) is 0 Å². The van der Waals surface area contributed by atoms with Crippen LogP contribution < -0.4 is 5.32 Å². The number of benzene rings is 1. The van der Waals surface area contributed by atoms with Gasteiger partial charge in [0.15, 0.2) is 0 Å². The molecular weight excluding hydrogens is 530 g/mol. The third-order valence-electron chi connectivity index (χ3n) is 7.41. The maximum absolute atomic E-state index is 14.4. The maximum Gasteiger partial charge on any atom is 0.416 e. The number of carbonyl (C=O) groups is 2. The highest BCUT2D eigenvalue weighted by atomic mass is 32.2. The van der Waals surface area contributed by atoms with Gasteiger partial charge in [-0.15, -0.1) is 0 Å². The van der Waals surface area contributed by atoms with E-state index in [1.54, 1.807) is 0 Å². The first kappa shape index (κ1) is 28.3. The van der Waals surface area contributed by atoms with Crippen molar-refractivity contribution in [3.63, 3.8) is 0 Å². The monoisotopic (exact) mass is 559 g/mol. The summed E-state index contributed by atoms with van der Waals surface area (Å²) in [5.74, 6) is -2.96. The zero-order valence-corrected chi connectivity index (χ0v) is 21.6. The van der Waals surface area contributed by atoms with Crippen LogP contribution in [-0.2, 0) is 26.0 Å². The average molecular weight is 560 g/mol. The van der Waals surface area contributed by atoms with Gasteiger partial charge in [0, 0.05) is 38.3 Å². The van der Waals surface area contributed by atoms with E-state index in [1.165, 1.54) is 20.4 Å². The van der Waals surface area contributed by atoms with Gasteiger partial charge in [-0.25, -0.2) is 4.39 Å². The first-order valence-electron chi connectivity index (χ1n) is 12.4. The summed E-state index contributed by atoms with van der Waals surface area (Å²) in [5, 5.41) is 11.5. The van der Waals surface area contributed by atoms with Crippen molar-refractivity contribution in [3.8, 4) is 6.07 Å². The number of hydrogen-bond acceptors (Lipinski definition) is 5. The molecule has 1 aromatic carbocycles. The summed E-state index contributed by atoms with van der Waals surface area (Å²) in [7, 11) is -3.79. The number of nitrogens with one attached hydrogen (secondary N) is 1. The third kappa shape index (κ3) is 5.64. The zero-order valence-electron chi connectivity index (χ0n) is 20.7. The molecule has 3 heterocycles. The van der Waals surface area contributed by atoms with Crippen LogP contribution in [0.5, 0.6) is 0 Å². The van der Waals surface area contributed by atoms with E-state index in [-0.39, 0.29) is 43.6 Å². The molecule has 0 spiro atoms. The quantitative estimate of drug-likeness (QED) is 0.538. The lowest BCUT2D eigenvalue weighted by molar-refractivity contribution is -0.142. The number of nitrogens with zero attached hydrogens (tertiary/aromatic N) is 4. The second-order valence-corrected chi connectivity index (χ2v) is 11.9. The normalized spacial score (nSPS) is 24.5. The molecule has 0 aromatic heterocycles. The van der Waals surface area contributed by atoms with Crippen LogP contribution in [0.4, 0.5) is 17.6 Å². The van der Waals surface area contributed by atoms with Crippen LogP contribution in [0.2, 0.25) is 0 Å². The Morgan fingerprint density at radius 1 is 1.11 bits per heavy atom. The highest BCUT2D eigenvalue weighted by Gasteiger charge is 2.44. The van der Waals surface area contributed by atoms with Crippen molar-refractivity contribution in [1.29, 1.82) is 5.26 Å². The molecule has 0 aliphatic carbocycles. The predicted octanol–water partition coefficient (Wildman–Crippen LogP) is 2.42. The molecule has 3 atom stereocenters. The van der Waals surface area contributed by atoms with Crippen LogP contribution in [0.15, 0.2) is 18.2 Å². The van der Waals surface area contributed by atoms with Crippen LogP contribution in [0.1, 0.15) is 49.8 Å². The third-order valence-corrected chi connectivity index (χ3v) is 9.34. The molecule has 1 N–H and O–H groups in total. The fourth-order valence-corrected chi connectivity index (χ4v) is 7.00. The van der Waals surface area contributed by atoms with E-state index in [0.29, 0.717) is 38.3 Å². The molecule has 3 aliphatic heterocycles. The summed E-state index contributed by atoms with van der Waals surface area (Å²) in [4.78, 5) is 27.8. The molecule has 208 valence electrons. The van der Waals surface area contributed by atoms with Gasteiger partial charge in [-0.1, -0.05) is 6.07 Å². The zero-order chi connectivity index (χ0) is 27.8. The molecule has 3 saturated heterocycles. The number of piperidine rings is 1. The molecule has 1 unspecified atom stereocenters. The summed E-state index contributed by atoms with van der Waals surface area (Å²) >= 11 is 0. The molecule has 38 heavy (non-hydrogen) atoms. The standard InChI is InChI=1S/C24H29F4N5O4S/c1-15(19-7-6-18(10-20(19)25)24(26,27)28)30-22(34)21-5-3-9-33(21)23(35)17-4-2-8-31(14-17)38(36,37)32-12-16(11-29)13-32/h6-7,10,15-17,21H,2-5,8-9,12-14H2,1H3,(H,30,34)/t15?,17-,21+/m0/s1. The number of hydrogen-bond donors (Lipinski definition) is 1. The van der Waals surface area contributed by atoms with E-state index in [4.69, 9.17) is 5.26 Å². The minimum atomic E-state index is -4.70. The molecule has 3 fully saturated rings. The Kier molecular flexibility index (Phi) is 8.02.